The summed E-state index contributed by atoms with van der Waals surface area (Å²) in [4.78, 5) is 84.6. The van der Waals surface area contributed by atoms with E-state index in [4.69, 9.17) is 11.5 Å². The third-order valence-electron chi connectivity index (χ3n) is 16.1. The summed E-state index contributed by atoms with van der Waals surface area (Å²) in [6.07, 6.45) is 3.19. The summed E-state index contributed by atoms with van der Waals surface area (Å²) in [7, 11) is -1.26. The lowest BCUT2D eigenvalue weighted by Crippen LogP contribution is -2.61. The van der Waals surface area contributed by atoms with Gasteiger partial charge in [0.25, 0.3) is 11.8 Å². The van der Waals surface area contributed by atoms with Gasteiger partial charge in [-0.3, -0.25) is 28.8 Å². The molecule has 0 saturated heterocycles. The van der Waals surface area contributed by atoms with Crippen LogP contribution in [0.5, 0.6) is 0 Å². The highest BCUT2D eigenvalue weighted by atomic mass is 32.2. The van der Waals surface area contributed by atoms with Crippen molar-refractivity contribution in [2.24, 2.45) is 22.7 Å². The zero-order valence-electron chi connectivity index (χ0n) is 56.5. The molecule has 496 valence electrons. The van der Waals surface area contributed by atoms with E-state index in [-0.39, 0.29) is 58.1 Å². The number of nitrogens with one attached hydrogen (secondary N) is 6. The van der Waals surface area contributed by atoms with Crippen LogP contribution >= 0.6 is 0 Å². The molecule has 4 rings (SSSR count). The molecule has 0 spiro atoms. The Morgan fingerprint density at radius 2 is 0.767 bits per heavy atom. The number of nitrogens with two attached hydrogens (primary N) is 2. The Kier molecular flexibility index (Phi) is 27.4. The van der Waals surface area contributed by atoms with E-state index in [2.05, 4.69) is 30.7 Å². The summed E-state index contributed by atoms with van der Waals surface area (Å²) in [6.45, 7) is 29.8. The molecule has 0 radical (unpaired) electrons. The lowest BCUT2D eigenvalue weighted by molar-refractivity contribution is -0.141. The van der Waals surface area contributed by atoms with Crippen molar-refractivity contribution in [1.29, 1.82) is 0 Å². The van der Waals surface area contributed by atoms with Crippen LogP contribution < -0.4 is 42.2 Å². The van der Waals surface area contributed by atoms with Crippen LogP contribution in [0.25, 0.3) is 0 Å². The molecule has 6 amide bonds. The third-order valence-corrected chi connectivity index (χ3v) is 18.5. The van der Waals surface area contributed by atoms with Crippen molar-refractivity contribution in [3.8, 4) is 0 Å². The van der Waals surface area contributed by atoms with Crippen LogP contribution in [0.4, 0.5) is 11.4 Å². The fraction of sp³-hybridized carbons (Fsp3) is 0.500. The van der Waals surface area contributed by atoms with E-state index in [1.807, 2.05) is 139 Å². The van der Waals surface area contributed by atoms with E-state index in [1.165, 1.54) is 23.6 Å². The minimum atomic E-state index is -3.99. The number of carbonyl (C=O) groups excluding carboxylic acids is 6. The van der Waals surface area contributed by atoms with Gasteiger partial charge >= 0.3 is 0 Å². The maximum absolute atomic E-state index is 14.1. The Morgan fingerprint density at radius 1 is 0.467 bits per heavy atom. The summed E-state index contributed by atoms with van der Waals surface area (Å²) in [5.41, 5.74) is 13.4. The molecule has 90 heavy (non-hydrogen) atoms. The summed E-state index contributed by atoms with van der Waals surface area (Å²) in [6, 6.07) is 27.8. The highest BCUT2D eigenvalue weighted by molar-refractivity contribution is 7.89. The molecule has 0 aliphatic heterocycles. The SMILES string of the molecule is CN[C@H](C(=O)N[C@H](C(=O)N(C)[C@H](/C=C(\C)C(=O)NS(=O)(=O)Cc1ccc(N)cc1)C(C)C)C(C)(C)C)C(C)(C)c1ccccc1.CN[C@H](C(=O)N[C@H](C(=O)N(C)[C@H](/C=C(\C)C(=O)NS(=O)(=O)Cc1ccccc1)C(C)C)C(C)(C)C)C(C)(C)c1ccc(N)cc1. The van der Waals surface area contributed by atoms with Crippen molar-refractivity contribution in [3.63, 3.8) is 0 Å². The summed E-state index contributed by atoms with van der Waals surface area (Å²) < 4.78 is 55.0. The van der Waals surface area contributed by atoms with Gasteiger partial charge in [0.05, 0.1) is 35.7 Å². The van der Waals surface area contributed by atoms with Gasteiger partial charge in [-0.05, 0) is 97.1 Å². The Hall–Kier alpha value is -7.40. The van der Waals surface area contributed by atoms with Crippen LogP contribution in [0, 0.1) is 22.7 Å². The number of rotatable bonds is 26. The first kappa shape index (κ1) is 76.8. The van der Waals surface area contributed by atoms with Crippen LogP contribution in [-0.4, -0.2) is 127 Å². The van der Waals surface area contributed by atoms with E-state index in [0.717, 1.165) is 11.1 Å². The van der Waals surface area contributed by atoms with Crippen molar-refractivity contribution in [2.75, 3.05) is 39.7 Å². The summed E-state index contributed by atoms with van der Waals surface area (Å²) >= 11 is 0. The molecule has 4 aromatic carbocycles. The van der Waals surface area contributed by atoms with E-state index in [1.54, 1.807) is 107 Å². The smallest absolute Gasteiger partial charge is 0.260 e. The molecule has 20 nitrogen and oxygen atoms in total. The number of carbonyl (C=O) groups is 6. The first-order valence-electron chi connectivity index (χ1n) is 30.2. The molecule has 0 aliphatic carbocycles. The summed E-state index contributed by atoms with van der Waals surface area (Å²) in [5.74, 6) is -3.85. The molecule has 0 bridgehead atoms. The number of nitrogens with zero attached hydrogens (tertiary/aromatic N) is 2. The number of likely N-dealkylation sites (N-methyl/N-ethyl adjacent to an activating group) is 4. The van der Waals surface area contributed by atoms with Gasteiger partial charge in [-0.2, -0.15) is 0 Å². The van der Waals surface area contributed by atoms with Gasteiger partial charge in [-0.25, -0.2) is 26.3 Å². The highest BCUT2D eigenvalue weighted by Gasteiger charge is 2.44. The zero-order valence-corrected chi connectivity index (χ0v) is 58.2. The number of amides is 6. The van der Waals surface area contributed by atoms with Crippen molar-refractivity contribution in [1.82, 2.24) is 40.5 Å². The van der Waals surface area contributed by atoms with Crippen molar-refractivity contribution < 1.29 is 45.6 Å². The van der Waals surface area contributed by atoms with Gasteiger partial charge in [0.1, 0.15) is 12.1 Å². The number of benzene rings is 4. The predicted octanol–water partition coefficient (Wildman–Crippen LogP) is 7.48. The maximum Gasteiger partial charge on any atom is 0.260 e. The number of hydrogen-bond acceptors (Lipinski definition) is 14. The topological polar surface area (TPSA) is 301 Å². The van der Waals surface area contributed by atoms with Crippen LogP contribution in [0.15, 0.2) is 132 Å². The number of sulfonamides is 2. The summed E-state index contributed by atoms with van der Waals surface area (Å²) in [5, 5.41) is 12.3. The molecule has 0 aromatic heterocycles. The minimum absolute atomic E-state index is 0.131. The highest BCUT2D eigenvalue weighted by Crippen LogP contribution is 2.32. The Morgan fingerprint density at radius 3 is 1.08 bits per heavy atom. The third kappa shape index (κ3) is 21.9. The van der Waals surface area contributed by atoms with Gasteiger partial charge in [0.15, 0.2) is 0 Å². The van der Waals surface area contributed by atoms with Crippen LogP contribution in [-0.2, 0) is 71.1 Å². The Bertz CT molecular complexity index is 3380. The first-order chi connectivity index (χ1) is 41.4. The predicted molar refractivity (Wildman–Crippen MR) is 361 cm³/mol. The van der Waals surface area contributed by atoms with E-state index in [9.17, 15) is 45.6 Å². The molecule has 0 aliphatic rings. The molecule has 10 N–H and O–H groups in total. The lowest BCUT2D eigenvalue weighted by Gasteiger charge is -2.40. The Labute approximate surface area is 536 Å². The average molecular weight is 1280 g/mol. The number of anilines is 2. The van der Waals surface area contributed by atoms with Gasteiger partial charge in [-0.1, -0.05) is 194 Å². The normalized spacial score (nSPS) is 14.8. The van der Waals surface area contributed by atoms with Crippen molar-refractivity contribution in [3.05, 3.63) is 155 Å². The number of nitrogen functional groups attached to an aromatic ring is 2. The second-order valence-electron chi connectivity index (χ2n) is 27.2. The second-order valence-corrected chi connectivity index (χ2v) is 30.6. The quantitative estimate of drug-likeness (QED) is 0.0223. The largest absolute Gasteiger partial charge is 0.399 e. The first-order valence-corrected chi connectivity index (χ1v) is 33.5. The zero-order chi connectivity index (χ0) is 68.7. The fourth-order valence-corrected chi connectivity index (χ4v) is 12.8. The number of hydrogen-bond donors (Lipinski definition) is 8. The van der Waals surface area contributed by atoms with Gasteiger partial charge < -0.3 is 42.5 Å². The van der Waals surface area contributed by atoms with Crippen molar-refractivity contribution in [2.45, 2.75) is 169 Å². The van der Waals surface area contributed by atoms with E-state index >= 15 is 0 Å². The molecular weight excluding hydrogens is 1180 g/mol. The lowest BCUT2D eigenvalue weighted by atomic mass is 9.76. The molecule has 0 saturated carbocycles. The Balaban J connectivity index is 0.000000470. The van der Waals surface area contributed by atoms with E-state index < -0.39 is 89.8 Å². The molecule has 6 atom stereocenters. The van der Waals surface area contributed by atoms with Crippen molar-refractivity contribution >= 4 is 66.9 Å². The van der Waals surface area contributed by atoms with Crippen LogP contribution in [0.3, 0.4) is 0 Å². The maximum atomic E-state index is 14.1. The fourth-order valence-electron chi connectivity index (χ4n) is 10.5. The van der Waals surface area contributed by atoms with Gasteiger partial charge in [-0.15, -0.1) is 0 Å². The molecule has 22 heteroatoms. The molecule has 0 heterocycles. The minimum Gasteiger partial charge on any atom is -0.399 e. The second kappa shape index (κ2) is 32.1. The van der Waals surface area contributed by atoms with Gasteiger partial charge in [0.2, 0.25) is 43.7 Å². The molecule has 0 fully saturated rings. The van der Waals surface area contributed by atoms with Crippen LogP contribution in [0.2, 0.25) is 0 Å². The van der Waals surface area contributed by atoms with Gasteiger partial charge in [0, 0.05) is 47.4 Å². The molecule has 4 aromatic rings. The standard InChI is InChI=1S/2C34H51N5O5S/c1-22(2)27(20-23(3)30(40)38-45(43,44)21-24-16-18-26(35)19-17-24)39(10)32(42)29(33(4,5)6)37-31(41)28(36-9)34(7,8)25-14-12-11-13-15-25;1-22(2)27(20-23(3)30(40)38-45(43,44)21-24-14-12-11-13-15-24)39(10)32(42)29(33(4,5)6)37-31(41)28(36-9)34(7,8)25-16-18-26(35)19-17-25/h2*11-20,22,27-29,36H,21,35H2,1-10H3,(H,37,41)(H,38,40)/b2*23-20+/t2*27-,28-,29-/m11/s1. The molecular formula is C68H102N10O10S2. The molecule has 0 unspecified atom stereocenters. The average Bonchev–Trinajstić information content (AvgIpc) is 1.04. The van der Waals surface area contributed by atoms with Crippen LogP contribution in [0.1, 0.15) is 133 Å². The monoisotopic (exact) mass is 1280 g/mol. The van der Waals surface area contributed by atoms with E-state index in [0.29, 0.717) is 22.5 Å².